The van der Waals surface area contributed by atoms with E-state index in [0.717, 1.165) is 18.7 Å². The topological polar surface area (TPSA) is 62.2 Å². The molecule has 116 valence electrons. The number of nitrogens with zero attached hydrogens (tertiary/aromatic N) is 1. The summed E-state index contributed by atoms with van der Waals surface area (Å²) in [6.07, 6.45) is 9.64. The Morgan fingerprint density at radius 1 is 1.38 bits per heavy atom. The van der Waals surface area contributed by atoms with Crippen molar-refractivity contribution in [1.82, 2.24) is 10.3 Å². The molecular formula is C16H23FN2O2. The van der Waals surface area contributed by atoms with Crippen LogP contribution in [0.2, 0.25) is 0 Å². The fraction of sp³-hybridized carbons (Fsp3) is 0.625. The molecule has 1 saturated carbocycles. The lowest BCUT2D eigenvalue weighted by atomic mass is 9.83. The first-order chi connectivity index (χ1) is 10.2. The van der Waals surface area contributed by atoms with Crippen LogP contribution in [0.4, 0.5) is 4.39 Å². The molecule has 0 unspecified atom stereocenters. The third-order valence-electron chi connectivity index (χ3n) is 4.17. The summed E-state index contributed by atoms with van der Waals surface area (Å²) in [6.45, 7) is 0.487. The average molecular weight is 294 g/mol. The summed E-state index contributed by atoms with van der Waals surface area (Å²) in [5.41, 5.74) is 0.212. The fourth-order valence-electron chi connectivity index (χ4n) is 2.99. The van der Waals surface area contributed by atoms with E-state index in [1.54, 1.807) is 0 Å². The Morgan fingerprint density at radius 2 is 2.14 bits per heavy atom. The lowest BCUT2D eigenvalue weighted by Gasteiger charge is -2.25. The predicted molar refractivity (Wildman–Crippen MR) is 78.3 cm³/mol. The molecule has 4 nitrogen and oxygen atoms in total. The molecule has 0 aromatic carbocycles. The van der Waals surface area contributed by atoms with Gasteiger partial charge >= 0.3 is 0 Å². The number of pyridine rings is 1. The van der Waals surface area contributed by atoms with E-state index in [4.69, 9.17) is 0 Å². The standard InChI is InChI=1S/C16H23FN2O2/c17-15-7-14(9-18-10-15)16(21)19-8-13(11-20)6-12-4-2-1-3-5-12/h7,9-10,12-13,20H,1-6,8,11H2,(H,19,21)/t13-/m0/s1. The number of aliphatic hydroxyl groups is 1. The van der Waals surface area contributed by atoms with Crippen molar-refractivity contribution in [2.24, 2.45) is 11.8 Å². The zero-order valence-electron chi connectivity index (χ0n) is 12.2. The van der Waals surface area contributed by atoms with Gasteiger partial charge in [-0.1, -0.05) is 32.1 Å². The Labute approximate surface area is 124 Å². The third-order valence-corrected chi connectivity index (χ3v) is 4.17. The number of carbonyl (C=O) groups excluding carboxylic acids is 1. The van der Waals surface area contributed by atoms with Gasteiger partial charge in [0, 0.05) is 19.3 Å². The Morgan fingerprint density at radius 3 is 2.81 bits per heavy atom. The maximum atomic E-state index is 13.0. The SMILES string of the molecule is O=C(NC[C@@H](CO)CC1CCCCC1)c1cncc(F)c1. The summed E-state index contributed by atoms with van der Waals surface area (Å²) in [5, 5.41) is 12.2. The zero-order chi connectivity index (χ0) is 15.1. The van der Waals surface area contributed by atoms with Crippen LogP contribution in [0.25, 0.3) is 0 Å². The number of amides is 1. The van der Waals surface area contributed by atoms with Crippen molar-refractivity contribution in [2.45, 2.75) is 38.5 Å². The number of aromatic nitrogens is 1. The van der Waals surface area contributed by atoms with E-state index in [2.05, 4.69) is 10.3 Å². The van der Waals surface area contributed by atoms with E-state index in [1.165, 1.54) is 38.3 Å². The van der Waals surface area contributed by atoms with E-state index in [1.807, 2.05) is 0 Å². The van der Waals surface area contributed by atoms with E-state index < -0.39 is 5.82 Å². The second-order valence-electron chi connectivity index (χ2n) is 5.89. The molecule has 0 radical (unpaired) electrons. The van der Waals surface area contributed by atoms with Crippen LogP contribution >= 0.6 is 0 Å². The molecule has 1 atom stereocenters. The third kappa shape index (κ3) is 5.08. The number of rotatable bonds is 6. The fourth-order valence-corrected chi connectivity index (χ4v) is 2.99. The molecule has 0 saturated heterocycles. The van der Waals surface area contributed by atoms with Crippen LogP contribution in [0.1, 0.15) is 48.9 Å². The second kappa shape index (κ2) is 8.08. The molecule has 1 aromatic heterocycles. The van der Waals surface area contributed by atoms with E-state index in [0.29, 0.717) is 12.5 Å². The van der Waals surface area contributed by atoms with E-state index >= 15 is 0 Å². The normalized spacial score (nSPS) is 17.4. The van der Waals surface area contributed by atoms with E-state index in [-0.39, 0.29) is 24.0 Å². The molecule has 0 bridgehead atoms. The summed E-state index contributed by atoms with van der Waals surface area (Å²) in [6, 6.07) is 1.16. The molecule has 2 rings (SSSR count). The van der Waals surface area contributed by atoms with Gasteiger partial charge in [0.2, 0.25) is 0 Å². The quantitative estimate of drug-likeness (QED) is 0.847. The van der Waals surface area contributed by atoms with Gasteiger partial charge in [0.15, 0.2) is 0 Å². The molecule has 0 aliphatic heterocycles. The molecular weight excluding hydrogens is 271 g/mol. The first-order valence-corrected chi connectivity index (χ1v) is 7.68. The number of carbonyl (C=O) groups is 1. The molecule has 1 aliphatic rings. The highest BCUT2D eigenvalue weighted by Crippen LogP contribution is 2.28. The van der Waals surface area contributed by atoms with Gasteiger partial charge in [-0.2, -0.15) is 0 Å². The maximum absolute atomic E-state index is 13.0. The van der Waals surface area contributed by atoms with Crippen LogP contribution in [0.15, 0.2) is 18.5 Å². The Balaban J connectivity index is 1.80. The van der Waals surface area contributed by atoms with E-state index in [9.17, 15) is 14.3 Å². The van der Waals surface area contributed by atoms with Crippen LogP contribution in [0.3, 0.4) is 0 Å². The monoisotopic (exact) mass is 294 g/mol. The van der Waals surface area contributed by atoms with Crippen molar-refractivity contribution >= 4 is 5.91 Å². The molecule has 2 N–H and O–H groups in total. The second-order valence-corrected chi connectivity index (χ2v) is 5.89. The highest BCUT2D eigenvalue weighted by atomic mass is 19.1. The lowest BCUT2D eigenvalue weighted by molar-refractivity contribution is 0.0932. The van der Waals surface area contributed by atoms with Crippen molar-refractivity contribution in [3.05, 3.63) is 29.8 Å². The molecule has 1 aliphatic carbocycles. The summed E-state index contributed by atoms with van der Waals surface area (Å²) in [7, 11) is 0. The molecule has 0 spiro atoms. The van der Waals surface area contributed by atoms with Crippen LogP contribution in [-0.4, -0.2) is 29.1 Å². The van der Waals surface area contributed by atoms with Gasteiger partial charge in [-0.05, 0) is 24.3 Å². The molecule has 5 heteroatoms. The van der Waals surface area contributed by atoms with Crippen molar-refractivity contribution in [2.75, 3.05) is 13.2 Å². The number of nitrogens with one attached hydrogen (secondary N) is 1. The number of hydrogen-bond donors (Lipinski definition) is 2. The first-order valence-electron chi connectivity index (χ1n) is 7.68. The van der Waals surface area contributed by atoms with Gasteiger partial charge in [0.25, 0.3) is 5.91 Å². The minimum absolute atomic E-state index is 0.0676. The van der Waals surface area contributed by atoms with Gasteiger partial charge in [-0.15, -0.1) is 0 Å². The minimum atomic E-state index is -0.524. The van der Waals surface area contributed by atoms with Gasteiger partial charge < -0.3 is 10.4 Å². The first kappa shape index (κ1) is 15.9. The van der Waals surface area contributed by atoms with Gasteiger partial charge in [0.1, 0.15) is 5.82 Å². The summed E-state index contributed by atoms with van der Waals surface area (Å²) in [4.78, 5) is 15.6. The summed E-state index contributed by atoms with van der Waals surface area (Å²) in [5.74, 6) is -0.144. The number of aliphatic hydroxyl groups excluding tert-OH is 1. The van der Waals surface area contributed by atoms with Crippen LogP contribution in [0.5, 0.6) is 0 Å². The van der Waals surface area contributed by atoms with Crippen molar-refractivity contribution in [3.63, 3.8) is 0 Å². The van der Waals surface area contributed by atoms with Crippen molar-refractivity contribution in [3.8, 4) is 0 Å². The van der Waals surface area contributed by atoms with Crippen molar-refractivity contribution < 1.29 is 14.3 Å². The minimum Gasteiger partial charge on any atom is -0.396 e. The highest BCUT2D eigenvalue weighted by molar-refractivity contribution is 5.93. The molecule has 1 amide bonds. The lowest BCUT2D eigenvalue weighted by Crippen LogP contribution is -2.32. The van der Waals surface area contributed by atoms with Crippen LogP contribution < -0.4 is 5.32 Å². The number of hydrogen-bond acceptors (Lipinski definition) is 3. The average Bonchev–Trinajstić information content (AvgIpc) is 2.52. The van der Waals surface area contributed by atoms with Gasteiger partial charge in [0.05, 0.1) is 11.8 Å². The van der Waals surface area contributed by atoms with Gasteiger partial charge in [-0.25, -0.2) is 4.39 Å². The Kier molecular flexibility index (Phi) is 6.11. The number of halogens is 1. The smallest absolute Gasteiger partial charge is 0.252 e. The van der Waals surface area contributed by atoms with Crippen LogP contribution in [-0.2, 0) is 0 Å². The predicted octanol–water partition coefficient (Wildman–Crippen LogP) is 2.53. The molecule has 1 fully saturated rings. The molecule has 21 heavy (non-hydrogen) atoms. The largest absolute Gasteiger partial charge is 0.396 e. The van der Waals surface area contributed by atoms with Gasteiger partial charge in [-0.3, -0.25) is 9.78 Å². The zero-order valence-corrected chi connectivity index (χ0v) is 12.2. The Hall–Kier alpha value is -1.49. The summed E-state index contributed by atoms with van der Waals surface area (Å²) >= 11 is 0. The van der Waals surface area contributed by atoms with Crippen LogP contribution in [0, 0.1) is 17.7 Å². The highest BCUT2D eigenvalue weighted by Gasteiger charge is 2.19. The molecule has 1 heterocycles. The Bertz CT molecular complexity index is 461. The maximum Gasteiger partial charge on any atom is 0.252 e. The molecule has 1 aromatic rings. The summed E-state index contributed by atoms with van der Waals surface area (Å²) < 4.78 is 13.0. The van der Waals surface area contributed by atoms with Crippen molar-refractivity contribution in [1.29, 1.82) is 0 Å².